The first-order valence-electron chi connectivity index (χ1n) is 5.67. The van der Waals surface area contributed by atoms with Gasteiger partial charge < -0.3 is 15.2 Å². The minimum atomic E-state index is -0.446. The lowest BCUT2D eigenvalue weighted by Gasteiger charge is -2.05. The normalized spacial score (nSPS) is 10.2. The van der Waals surface area contributed by atoms with Crippen molar-refractivity contribution in [1.82, 2.24) is 4.98 Å². The Balaban J connectivity index is 1.96. The summed E-state index contributed by atoms with van der Waals surface area (Å²) in [7, 11) is 1.59. The lowest BCUT2D eigenvalue weighted by Crippen LogP contribution is -2.06. The van der Waals surface area contributed by atoms with E-state index < -0.39 is 5.97 Å². The first-order chi connectivity index (χ1) is 9.22. The maximum absolute atomic E-state index is 11.8. The van der Waals surface area contributed by atoms with Crippen molar-refractivity contribution >= 4 is 17.3 Å². The number of hydrogen-bond donors (Lipinski definition) is 1. The van der Waals surface area contributed by atoms with Crippen LogP contribution in [-0.2, 0) is 17.9 Å². The van der Waals surface area contributed by atoms with Crippen LogP contribution in [0.15, 0.2) is 29.6 Å². The van der Waals surface area contributed by atoms with Crippen LogP contribution in [0.3, 0.4) is 0 Å². The summed E-state index contributed by atoms with van der Waals surface area (Å²) in [5.41, 5.74) is 6.60. The lowest BCUT2D eigenvalue weighted by molar-refractivity contribution is 0.0466. The number of ether oxygens (including phenoxy) is 2. The predicted octanol–water partition coefficient (Wildman–Crippen LogP) is 1.97. The van der Waals surface area contributed by atoms with Gasteiger partial charge in [-0.2, -0.15) is 0 Å². The summed E-state index contributed by atoms with van der Waals surface area (Å²) < 4.78 is 10.3. The highest BCUT2D eigenvalue weighted by atomic mass is 32.1. The molecule has 0 fully saturated rings. The molecule has 1 aromatic heterocycles. The summed E-state index contributed by atoms with van der Waals surface area (Å²) in [5.74, 6) is 0.284. The van der Waals surface area contributed by atoms with E-state index in [2.05, 4.69) is 4.98 Å². The second-order valence-corrected chi connectivity index (χ2v) is 4.70. The molecule has 1 heterocycles. The van der Waals surface area contributed by atoms with Crippen LogP contribution in [0.1, 0.15) is 21.1 Å². The number of nitrogens with two attached hydrogens (primary N) is 1. The van der Waals surface area contributed by atoms with Gasteiger partial charge in [-0.05, 0) is 17.7 Å². The molecule has 19 heavy (non-hydrogen) atoms. The summed E-state index contributed by atoms with van der Waals surface area (Å²) in [5, 5.41) is 2.36. The van der Waals surface area contributed by atoms with Gasteiger partial charge in [0, 0.05) is 11.9 Å². The molecule has 2 N–H and O–H groups in total. The quantitative estimate of drug-likeness (QED) is 0.846. The van der Waals surface area contributed by atoms with Crippen molar-refractivity contribution in [3.05, 3.63) is 45.9 Å². The third-order valence-corrected chi connectivity index (χ3v) is 3.31. The molecule has 0 unspecified atom stereocenters. The number of rotatable bonds is 5. The smallest absolute Gasteiger partial charge is 0.358 e. The molecular formula is C13H14N2O3S. The molecule has 2 rings (SSSR count). The summed E-state index contributed by atoms with van der Waals surface area (Å²) in [6.45, 7) is 0.513. The van der Waals surface area contributed by atoms with Crippen molar-refractivity contribution in [3.8, 4) is 5.75 Å². The topological polar surface area (TPSA) is 74.4 Å². The highest BCUT2D eigenvalue weighted by molar-refractivity contribution is 7.09. The monoisotopic (exact) mass is 278 g/mol. The summed E-state index contributed by atoms with van der Waals surface area (Å²) >= 11 is 1.35. The van der Waals surface area contributed by atoms with Gasteiger partial charge in [0.1, 0.15) is 17.4 Å². The molecule has 100 valence electrons. The van der Waals surface area contributed by atoms with Gasteiger partial charge in [0.15, 0.2) is 5.69 Å². The zero-order valence-electron chi connectivity index (χ0n) is 10.5. The minimum Gasteiger partial charge on any atom is -0.497 e. The Bertz CT molecular complexity index is 569. The van der Waals surface area contributed by atoms with E-state index in [1.807, 2.05) is 24.3 Å². The fourth-order valence-corrected chi connectivity index (χ4v) is 2.13. The van der Waals surface area contributed by atoms with Crippen LogP contribution in [0.5, 0.6) is 5.75 Å². The van der Waals surface area contributed by atoms with Crippen molar-refractivity contribution < 1.29 is 14.3 Å². The molecule has 0 aliphatic carbocycles. The van der Waals surface area contributed by atoms with Crippen LogP contribution in [0.4, 0.5) is 0 Å². The number of esters is 1. The number of nitrogens with zero attached hydrogens (tertiary/aromatic N) is 1. The minimum absolute atomic E-state index is 0.186. The Morgan fingerprint density at radius 1 is 1.47 bits per heavy atom. The van der Waals surface area contributed by atoms with Crippen molar-refractivity contribution in [2.24, 2.45) is 5.73 Å². The van der Waals surface area contributed by atoms with Gasteiger partial charge in [-0.25, -0.2) is 9.78 Å². The van der Waals surface area contributed by atoms with Gasteiger partial charge in [0.05, 0.1) is 7.11 Å². The Morgan fingerprint density at radius 3 is 3.00 bits per heavy atom. The number of methoxy groups -OCH3 is 1. The maximum atomic E-state index is 11.8. The summed E-state index contributed by atoms with van der Waals surface area (Å²) in [6, 6.07) is 7.36. The highest BCUT2D eigenvalue weighted by Crippen LogP contribution is 2.15. The average Bonchev–Trinajstić information content (AvgIpc) is 2.94. The van der Waals surface area contributed by atoms with Crippen LogP contribution in [-0.4, -0.2) is 18.1 Å². The van der Waals surface area contributed by atoms with Crippen LogP contribution in [0.25, 0.3) is 0 Å². The number of carbonyl (C=O) groups is 1. The SMILES string of the molecule is COc1cccc(COC(=O)c2csc(CN)n2)c1. The van der Waals surface area contributed by atoms with Crippen molar-refractivity contribution in [2.45, 2.75) is 13.2 Å². The standard InChI is InChI=1S/C13H14N2O3S/c1-17-10-4-2-3-9(5-10)7-18-13(16)11-8-19-12(6-14)15-11/h2-5,8H,6-7,14H2,1H3. The molecule has 0 aliphatic heterocycles. The van der Waals surface area contributed by atoms with E-state index in [-0.39, 0.29) is 6.61 Å². The van der Waals surface area contributed by atoms with E-state index >= 15 is 0 Å². The first kappa shape index (κ1) is 13.5. The molecule has 5 nitrogen and oxygen atoms in total. The molecule has 0 saturated heterocycles. The molecule has 0 spiro atoms. The van der Waals surface area contributed by atoms with Gasteiger partial charge in [0.25, 0.3) is 0 Å². The molecule has 0 bridgehead atoms. The molecule has 0 saturated carbocycles. The van der Waals surface area contributed by atoms with Crippen LogP contribution >= 0.6 is 11.3 Å². The molecule has 1 aromatic carbocycles. The van der Waals surface area contributed by atoms with Crippen LogP contribution in [0, 0.1) is 0 Å². The Kier molecular flexibility index (Phi) is 4.48. The zero-order chi connectivity index (χ0) is 13.7. The highest BCUT2D eigenvalue weighted by Gasteiger charge is 2.11. The van der Waals surface area contributed by atoms with Gasteiger partial charge in [-0.3, -0.25) is 0 Å². The van der Waals surface area contributed by atoms with E-state index in [1.54, 1.807) is 12.5 Å². The first-order valence-corrected chi connectivity index (χ1v) is 6.55. The van der Waals surface area contributed by atoms with Gasteiger partial charge in [-0.15, -0.1) is 11.3 Å². The van der Waals surface area contributed by atoms with Crippen molar-refractivity contribution in [1.29, 1.82) is 0 Å². The number of benzene rings is 1. The number of aromatic nitrogens is 1. The van der Waals surface area contributed by atoms with E-state index in [0.717, 1.165) is 11.3 Å². The van der Waals surface area contributed by atoms with E-state index in [9.17, 15) is 4.79 Å². The molecule has 0 radical (unpaired) electrons. The maximum Gasteiger partial charge on any atom is 0.358 e. The lowest BCUT2D eigenvalue weighted by atomic mass is 10.2. The molecule has 0 aliphatic rings. The molecule has 6 heteroatoms. The van der Waals surface area contributed by atoms with Crippen molar-refractivity contribution in [2.75, 3.05) is 7.11 Å². The second kappa shape index (κ2) is 6.31. The zero-order valence-corrected chi connectivity index (χ0v) is 11.3. The van der Waals surface area contributed by atoms with Gasteiger partial charge in [0.2, 0.25) is 0 Å². The molecule has 0 atom stereocenters. The molecule has 2 aromatic rings. The second-order valence-electron chi connectivity index (χ2n) is 3.76. The Morgan fingerprint density at radius 2 is 2.32 bits per heavy atom. The fourth-order valence-electron chi connectivity index (χ4n) is 1.48. The summed E-state index contributed by atoms with van der Waals surface area (Å²) in [6.07, 6.45) is 0. The third-order valence-electron chi connectivity index (χ3n) is 2.44. The largest absolute Gasteiger partial charge is 0.497 e. The van der Waals surface area contributed by atoms with Crippen LogP contribution in [0.2, 0.25) is 0 Å². The summed E-state index contributed by atoms with van der Waals surface area (Å²) in [4.78, 5) is 15.8. The Labute approximate surface area is 115 Å². The predicted molar refractivity (Wildman–Crippen MR) is 72.1 cm³/mol. The van der Waals surface area contributed by atoms with E-state index in [1.165, 1.54) is 11.3 Å². The number of hydrogen-bond acceptors (Lipinski definition) is 6. The number of thiazole rings is 1. The van der Waals surface area contributed by atoms with E-state index in [0.29, 0.717) is 17.2 Å². The van der Waals surface area contributed by atoms with Crippen LogP contribution < -0.4 is 10.5 Å². The number of carbonyl (C=O) groups excluding carboxylic acids is 1. The Hall–Kier alpha value is -1.92. The van der Waals surface area contributed by atoms with E-state index in [4.69, 9.17) is 15.2 Å². The third kappa shape index (κ3) is 3.52. The average molecular weight is 278 g/mol. The fraction of sp³-hybridized carbons (Fsp3) is 0.231. The molecule has 0 amide bonds. The van der Waals surface area contributed by atoms with Gasteiger partial charge in [-0.1, -0.05) is 12.1 Å². The van der Waals surface area contributed by atoms with Gasteiger partial charge >= 0.3 is 5.97 Å². The van der Waals surface area contributed by atoms with Crippen molar-refractivity contribution in [3.63, 3.8) is 0 Å². The molecular weight excluding hydrogens is 264 g/mol.